The zero-order chi connectivity index (χ0) is 15.5. The molecule has 0 aromatic carbocycles. The van der Waals surface area contributed by atoms with Gasteiger partial charge >= 0.3 is 0 Å². The van der Waals surface area contributed by atoms with E-state index in [1.165, 1.54) is 0 Å². The highest BCUT2D eigenvalue weighted by molar-refractivity contribution is 5.44. The topological polar surface area (TPSA) is 55.7 Å². The van der Waals surface area contributed by atoms with Gasteiger partial charge in [0, 0.05) is 51.5 Å². The summed E-state index contributed by atoms with van der Waals surface area (Å²) in [4.78, 5) is 16.2. The summed E-state index contributed by atoms with van der Waals surface area (Å²) in [5, 5.41) is 9.70. The second kappa shape index (κ2) is 6.79. The summed E-state index contributed by atoms with van der Waals surface area (Å²) in [6.07, 6.45) is 3.59. The van der Waals surface area contributed by atoms with Crippen molar-refractivity contribution in [1.82, 2.24) is 14.9 Å². The smallest absolute Gasteiger partial charge is 0.227 e. The Bertz CT molecular complexity index is 495. The van der Waals surface area contributed by atoms with E-state index >= 15 is 0 Å². The maximum absolute atomic E-state index is 9.70. The van der Waals surface area contributed by atoms with Crippen LogP contribution in [0.2, 0.25) is 0 Å². The van der Waals surface area contributed by atoms with Crippen LogP contribution in [0, 0.1) is 0 Å². The predicted molar refractivity (Wildman–Crippen MR) is 88.4 cm³/mol. The molecule has 2 fully saturated rings. The van der Waals surface area contributed by atoms with Gasteiger partial charge in [0.1, 0.15) is 5.82 Å². The fraction of sp³-hybridized carbons (Fsp3) is 0.750. The molecule has 1 aromatic rings. The summed E-state index contributed by atoms with van der Waals surface area (Å²) in [6, 6.07) is 2.54. The third-order valence-electron chi connectivity index (χ3n) is 4.66. The molecular weight excluding hydrogens is 278 g/mol. The van der Waals surface area contributed by atoms with Crippen LogP contribution in [0.5, 0.6) is 0 Å². The lowest BCUT2D eigenvalue weighted by molar-refractivity contribution is 0.198. The number of aliphatic hydroxyl groups excluding tert-OH is 1. The van der Waals surface area contributed by atoms with E-state index in [1.54, 1.807) is 0 Å². The molecule has 3 heterocycles. The fourth-order valence-electron chi connectivity index (χ4n) is 3.27. The quantitative estimate of drug-likeness (QED) is 0.898. The van der Waals surface area contributed by atoms with Crippen molar-refractivity contribution < 1.29 is 5.11 Å². The van der Waals surface area contributed by atoms with Gasteiger partial charge in [-0.25, -0.2) is 4.98 Å². The first-order chi connectivity index (χ1) is 10.6. The van der Waals surface area contributed by atoms with E-state index in [9.17, 15) is 5.11 Å². The molecule has 122 valence electrons. The van der Waals surface area contributed by atoms with Crippen molar-refractivity contribution in [3.8, 4) is 0 Å². The second-order valence-electron chi connectivity index (χ2n) is 6.57. The zero-order valence-corrected chi connectivity index (χ0v) is 13.6. The van der Waals surface area contributed by atoms with Gasteiger partial charge in [0.2, 0.25) is 5.95 Å². The van der Waals surface area contributed by atoms with Crippen LogP contribution in [0.25, 0.3) is 0 Å². The largest absolute Gasteiger partial charge is 0.391 e. The number of hydrogen-bond acceptors (Lipinski definition) is 6. The predicted octanol–water partition coefficient (Wildman–Crippen LogP) is 0.968. The third-order valence-corrected chi connectivity index (χ3v) is 4.66. The molecule has 0 bridgehead atoms. The minimum Gasteiger partial charge on any atom is -0.391 e. The van der Waals surface area contributed by atoms with E-state index in [1.807, 2.05) is 12.3 Å². The van der Waals surface area contributed by atoms with Crippen LogP contribution in [0.3, 0.4) is 0 Å². The van der Waals surface area contributed by atoms with Gasteiger partial charge in [-0.2, -0.15) is 4.98 Å². The standard InChI is InChI=1S/C16H27N5O/c1-13(2)19-7-3-8-20(11-10-19)16-17-6-4-15(18-16)21-9-5-14(22)12-21/h4,6,13-14,22H,3,5,7-12H2,1-2H3. The number of anilines is 2. The first kappa shape index (κ1) is 15.5. The van der Waals surface area contributed by atoms with Crippen molar-refractivity contribution in [1.29, 1.82) is 0 Å². The van der Waals surface area contributed by atoms with Gasteiger partial charge in [0.25, 0.3) is 0 Å². The lowest BCUT2D eigenvalue weighted by Gasteiger charge is -2.25. The maximum atomic E-state index is 9.70. The van der Waals surface area contributed by atoms with Crippen molar-refractivity contribution >= 4 is 11.8 Å². The molecule has 2 saturated heterocycles. The Morgan fingerprint density at radius 2 is 2.00 bits per heavy atom. The van der Waals surface area contributed by atoms with Gasteiger partial charge in [0.15, 0.2) is 0 Å². The Labute approximate surface area is 132 Å². The molecule has 0 amide bonds. The number of aliphatic hydroxyl groups is 1. The number of β-amino-alcohol motifs (C(OH)–C–C–N with tert-alkyl or cyclic N) is 1. The van der Waals surface area contributed by atoms with Crippen LogP contribution in [0.4, 0.5) is 11.8 Å². The second-order valence-corrected chi connectivity index (χ2v) is 6.57. The minimum atomic E-state index is -0.226. The van der Waals surface area contributed by atoms with Gasteiger partial charge in [-0.3, -0.25) is 4.90 Å². The number of aromatic nitrogens is 2. The molecule has 0 spiro atoms. The molecule has 0 radical (unpaired) electrons. The zero-order valence-electron chi connectivity index (χ0n) is 13.6. The van der Waals surface area contributed by atoms with E-state index in [2.05, 4.69) is 33.5 Å². The molecule has 1 atom stereocenters. The van der Waals surface area contributed by atoms with Crippen molar-refractivity contribution in [3.05, 3.63) is 12.3 Å². The highest BCUT2D eigenvalue weighted by Crippen LogP contribution is 2.21. The SMILES string of the molecule is CC(C)N1CCCN(c2nccc(N3CCC(O)C3)n2)CC1. The van der Waals surface area contributed by atoms with E-state index in [4.69, 9.17) is 4.98 Å². The Morgan fingerprint density at radius 3 is 2.73 bits per heavy atom. The number of nitrogens with zero attached hydrogens (tertiary/aromatic N) is 5. The average Bonchev–Trinajstić information content (AvgIpc) is 2.80. The van der Waals surface area contributed by atoms with Crippen molar-refractivity contribution in [2.24, 2.45) is 0 Å². The molecular formula is C16H27N5O. The van der Waals surface area contributed by atoms with Crippen molar-refractivity contribution in [2.75, 3.05) is 49.1 Å². The van der Waals surface area contributed by atoms with Crippen LogP contribution in [0.1, 0.15) is 26.7 Å². The summed E-state index contributed by atoms with van der Waals surface area (Å²) < 4.78 is 0. The van der Waals surface area contributed by atoms with Crippen molar-refractivity contribution in [2.45, 2.75) is 38.8 Å². The first-order valence-electron chi connectivity index (χ1n) is 8.38. The monoisotopic (exact) mass is 305 g/mol. The summed E-state index contributed by atoms with van der Waals surface area (Å²) in [7, 11) is 0. The van der Waals surface area contributed by atoms with E-state index in [0.717, 1.165) is 57.3 Å². The Kier molecular flexibility index (Phi) is 4.78. The molecule has 0 aliphatic carbocycles. The Hall–Kier alpha value is -1.40. The highest BCUT2D eigenvalue weighted by atomic mass is 16.3. The summed E-state index contributed by atoms with van der Waals surface area (Å²) >= 11 is 0. The summed E-state index contributed by atoms with van der Waals surface area (Å²) in [6.45, 7) is 10.3. The van der Waals surface area contributed by atoms with Crippen LogP contribution < -0.4 is 9.80 Å². The average molecular weight is 305 g/mol. The van der Waals surface area contributed by atoms with E-state index < -0.39 is 0 Å². The van der Waals surface area contributed by atoms with Gasteiger partial charge in [-0.05, 0) is 32.8 Å². The van der Waals surface area contributed by atoms with Crippen LogP contribution >= 0.6 is 0 Å². The minimum absolute atomic E-state index is 0.226. The Balaban J connectivity index is 1.69. The lowest BCUT2D eigenvalue weighted by atomic mass is 10.3. The molecule has 1 aromatic heterocycles. The molecule has 1 unspecified atom stereocenters. The number of hydrogen-bond donors (Lipinski definition) is 1. The van der Waals surface area contributed by atoms with Gasteiger partial charge in [0.05, 0.1) is 6.10 Å². The normalized spacial score (nSPS) is 24.1. The number of rotatable bonds is 3. The van der Waals surface area contributed by atoms with E-state index in [-0.39, 0.29) is 6.10 Å². The molecule has 6 nitrogen and oxygen atoms in total. The van der Waals surface area contributed by atoms with Gasteiger partial charge in [-0.15, -0.1) is 0 Å². The highest BCUT2D eigenvalue weighted by Gasteiger charge is 2.23. The van der Waals surface area contributed by atoms with Gasteiger partial charge < -0.3 is 14.9 Å². The van der Waals surface area contributed by atoms with Crippen molar-refractivity contribution in [3.63, 3.8) is 0 Å². The first-order valence-corrected chi connectivity index (χ1v) is 8.38. The molecule has 2 aliphatic rings. The van der Waals surface area contributed by atoms with Crippen LogP contribution in [0.15, 0.2) is 12.3 Å². The van der Waals surface area contributed by atoms with Crippen LogP contribution in [-0.4, -0.2) is 71.4 Å². The summed E-state index contributed by atoms with van der Waals surface area (Å²) in [5.74, 6) is 1.76. The molecule has 2 aliphatic heterocycles. The fourth-order valence-corrected chi connectivity index (χ4v) is 3.27. The summed E-state index contributed by atoms with van der Waals surface area (Å²) in [5.41, 5.74) is 0. The van der Waals surface area contributed by atoms with E-state index in [0.29, 0.717) is 12.6 Å². The molecule has 6 heteroatoms. The maximum Gasteiger partial charge on any atom is 0.227 e. The molecule has 3 rings (SSSR count). The Morgan fingerprint density at radius 1 is 1.14 bits per heavy atom. The van der Waals surface area contributed by atoms with Gasteiger partial charge in [-0.1, -0.05) is 0 Å². The molecule has 1 N–H and O–H groups in total. The third kappa shape index (κ3) is 3.50. The molecule has 0 saturated carbocycles. The van der Waals surface area contributed by atoms with Crippen LogP contribution in [-0.2, 0) is 0 Å². The molecule has 22 heavy (non-hydrogen) atoms. The lowest BCUT2D eigenvalue weighted by Crippen LogP contribution is -2.35.